The second-order valence-corrected chi connectivity index (χ2v) is 7.34. The standard InChI is InChI=1S/C20H29N5O/c1-14(2)11-19-23-17(12-21)20(26-19)22-13-18(25(5)6)15-7-9-16(10-8-15)24(3)4/h7-10,14,18,22H,11,13H2,1-6H3. The topological polar surface area (TPSA) is 68.3 Å². The van der Waals surface area contributed by atoms with Crippen molar-refractivity contribution in [2.45, 2.75) is 26.3 Å². The summed E-state index contributed by atoms with van der Waals surface area (Å²) in [5.41, 5.74) is 2.69. The van der Waals surface area contributed by atoms with Crippen molar-refractivity contribution in [2.24, 2.45) is 5.92 Å². The van der Waals surface area contributed by atoms with E-state index in [1.54, 1.807) is 0 Å². The van der Waals surface area contributed by atoms with Crippen LogP contribution in [0.25, 0.3) is 0 Å². The lowest BCUT2D eigenvalue weighted by atomic mass is 10.1. The smallest absolute Gasteiger partial charge is 0.232 e. The van der Waals surface area contributed by atoms with Crippen LogP contribution in [0.1, 0.15) is 37.0 Å². The fraction of sp³-hybridized carbons (Fsp3) is 0.500. The maximum absolute atomic E-state index is 9.31. The van der Waals surface area contributed by atoms with Crippen LogP contribution in [-0.2, 0) is 6.42 Å². The number of nitriles is 1. The molecule has 6 heteroatoms. The number of oxazole rings is 1. The minimum absolute atomic E-state index is 0.149. The summed E-state index contributed by atoms with van der Waals surface area (Å²) in [6, 6.07) is 10.8. The molecule has 1 heterocycles. The van der Waals surface area contributed by atoms with E-state index in [1.165, 1.54) is 11.3 Å². The molecule has 0 saturated heterocycles. The molecule has 1 unspecified atom stereocenters. The first-order valence-corrected chi connectivity index (χ1v) is 8.89. The molecule has 2 aromatic rings. The molecule has 0 amide bonds. The van der Waals surface area contributed by atoms with E-state index >= 15 is 0 Å². The molecule has 26 heavy (non-hydrogen) atoms. The first kappa shape index (κ1) is 19.8. The van der Waals surface area contributed by atoms with E-state index in [-0.39, 0.29) is 6.04 Å². The van der Waals surface area contributed by atoms with Gasteiger partial charge < -0.3 is 19.5 Å². The molecule has 1 atom stereocenters. The number of benzene rings is 1. The Kier molecular flexibility index (Phi) is 6.64. The fourth-order valence-corrected chi connectivity index (χ4v) is 2.78. The zero-order chi connectivity index (χ0) is 19.3. The van der Waals surface area contributed by atoms with Crippen molar-refractivity contribution in [1.29, 1.82) is 5.26 Å². The van der Waals surface area contributed by atoms with Crippen molar-refractivity contribution in [3.63, 3.8) is 0 Å². The molecule has 0 aliphatic rings. The third-order valence-electron chi connectivity index (χ3n) is 4.23. The van der Waals surface area contributed by atoms with Crippen molar-refractivity contribution >= 4 is 11.6 Å². The van der Waals surface area contributed by atoms with E-state index < -0.39 is 0 Å². The van der Waals surface area contributed by atoms with E-state index in [0.717, 1.165) is 6.42 Å². The molecule has 0 aliphatic heterocycles. The summed E-state index contributed by atoms with van der Waals surface area (Å²) in [4.78, 5) is 8.51. The summed E-state index contributed by atoms with van der Waals surface area (Å²) in [7, 11) is 8.15. The van der Waals surface area contributed by atoms with Crippen LogP contribution in [-0.4, -0.2) is 44.6 Å². The van der Waals surface area contributed by atoms with Gasteiger partial charge in [-0.1, -0.05) is 26.0 Å². The van der Waals surface area contributed by atoms with Gasteiger partial charge in [0.2, 0.25) is 11.6 Å². The predicted molar refractivity (Wildman–Crippen MR) is 105 cm³/mol. The van der Waals surface area contributed by atoms with Crippen molar-refractivity contribution in [3.8, 4) is 6.07 Å². The molecule has 0 aliphatic carbocycles. The largest absolute Gasteiger partial charge is 0.424 e. The van der Waals surface area contributed by atoms with Crippen LogP contribution in [0.4, 0.5) is 11.6 Å². The van der Waals surface area contributed by atoms with E-state index in [9.17, 15) is 5.26 Å². The Bertz CT molecular complexity index is 741. The Labute approximate surface area is 156 Å². The monoisotopic (exact) mass is 355 g/mol. The van der Waals surface area contributed by atoms with Crippen molar-refractivity contribution in [2.75, 3.05) is 45.0 Å². The van der Waals surface area contributed by atoms with Crippen molar-refractivity contribution in [3.05, 3.63) is 41.4 Å². The van der Waals surface area contributed by atoms with E-state index in [0.29, 0.717) is 29.9 Å². The number of nitrogens with zero attached hydrogens (tertiary/aromatic N) is 4. The molecule has 0 bridgehead atoms. The molecule has 2 rings (SSSR count). The first-order valence-electron chi connectivity index (χ1n) is 8.89. The number of hydrogen-bond donors (Lipinski definition) is 1. The normalized spacial score (nSPS) is 12.3. The number of rotatable bonds is 8. The Morgan fingerprint density at radius 1 is 1.15 bits per heavy atom. The van der Waals surface area contributed by atoms with Gasteiger partial charge in [0.25, 0.3) is 0 Å². The van der Waals surface area contributed by atoms with Crippen LogP contribution in [0.5, 0.6) is 0 Å². The summed E-state index contributed by atoms with van der Waals surface area (Å²) in [5.74, 6) is 1.49. The molecular formula is C20H29N5O. The van der Waals surface area contributed by atoms with Crippen LogP contribution >= 0.6 is 0 Å². The zero-order valence-corrected chi connectivity index (χ0v) is 16.6. The van der Waals surface area contributed by atoms with E-state index in [4.69, 9.17) is 4.42 Å². The van der Waals surface area contributed by atoms with Gasteiger partial charge in [0.15, 0.2) is 5.89 Å². The SMILES string of the molecule is CC(C)Cc1nc(C#N)c(NCC(c2ccc(N(C)C)cc2)N(C)C)o1. The molecule has 0 fully saturated rings. The molecule has 1 N–H and O–H groups in total. The highest BCUT2D eigenvalue weighted by atomic mass is 16.4. The third-order valence-corrected chi connectivity index (χ3v) is 4.23. The van der Waals surface area contributed by atoms with Gasteiger partial charge in [-0.25, -0.2) is 4.98 Å². The van der Waals surface area contributed by atoms with Crippen LogP contribution in [0, 0.1) is 17.2 Å². The van der Waals surface area contributed by atoms with Crippen LogP contribution < -0.4 is 10.2 Å². The molecule has 0 saturated carbocycles. The lowest BCUT2D eigenvalue weighted by molar-refractivity contribution is 0.310. The van der Waals surface area contributed by atoms with Crippen molar-refractivity contribution in [1.82, 2.24) is 9.88 Å². The van der Waals surface area contributed by atoms with Gasteiger partial charge in [-0.05, 0) is 37.7 Å². The van der Waals surface area contributed by atoms with Crippen LogP contribution in [0.15, 0.2) is 28.7 Å². The third kappa shape index (κ3) is 4.99. The molecule has 0 radical (unpaired) electrons. The quantitative estimate of drug-likeness (QED) is 0.781. The Morgan fingerprint density at radius 3 is 2.31 bits per heavy atom. The van der Waals surface area contributed by atoms with Gasteiger partial charge in [-0.2, -0.15) is 5.26 Å². The van der Waals surface area contributed by atoms with Gasteiger partial charge >= 0.3 is 0 Å². The molecule has 1 aromatic heterocycles. The lowest BCUT2D eigenvalue weighted by Gasteiger charge is -2.25. The van der Waals surface area contributed by atoms with E-state index in [1.807, 2.05) is 28.2 Å². The highest BCUT2D eigenvalue weighted by Gasteiger charge is 2.18. The summed E-state index contributed by atoms with van der Waals surface area (Å²) >= 11 is 0. The summed E-state index contributed by atoms with van der Waals surface area (Å²) in [6.45, 7) is 4.82. The lowest BCUT2D eigenvalue weighted by Crippen LogP contribution is -2.27. The second-order valence-electron chi connectivity index (χ2n) is 7.34. The maximum atomic E-state index is 9.31. The number of likely N-dealkylation sites (N-methyl/N-ethyl adjacent to an activating group) is 1. The highest BCUT2D eigenvalue weighted by Crippen LogP contribution is 2.24. The second kappa shape index (κ2) is 8.72. The predicted octanol–water partition coefficient (Wildman–Crippen LogP) is 3.53. The number of hydrogen-bond acceptors (Lipinski definition) is 6. The van der Waals surface area contributed by atoms with Crippen LogP contribution in [0.3, 0.4) is 0 Å². The summed E-state index contributed by atoms with van der Waals surface area (Å²) in [5, 5.41) is 12.6. The molecule has 0 spiro atoms. The Morgan fingerprint density at radius 2 is 1.81 bits per heavy atom. The zero-order valence-electron chi connectivity index (χ0n) is 16.6. The highest BCUT2D eigenvalue weighted by molar-refractivity contribution is 5.48. The van der Waals surface area contributed by atoms with Gasteiger partial charge in [0.05, 0.1) is 6.04 Å². The number of aromatic nitrogens is 1. The van der Waals surface area contributed by atoms with Gasteiger partial charge in [-0.15, -0.1) is 0 Å². The van der Waals surface area contributed by atoms with Gasteiger partial charge in [0, 0.05) is 32.7 Å². The molecule has 140 valence electrons. The van der Waals surface area contributed by atoms with Crippen molar-refractivity contribution < 1.29 is 4.42 Å². The summed E-state index contributed by atoms with van der Waals surface area (Å²) < 4.78 is 5.76. The summed E-state index contributed by atoms with van der Waals surface area (Å²) in [6.07, 6.45) is 0.722. The molecular weight excluding hydrogens is 326 g/mol. The Hall–Kier alpha value is -2.52. The number of anilines is 2. The minimum atomic E-state index is 0.149. The maximum Gasteiger partial charge on any atom is 0.232 e. The first-order chi connectivity index (χ1) is 12.3. The molecule has 6 nitrogen and oxygen atoms in total. The van der Waals surface area contributed by atoms with Crippen LogP contribution in [0.2, 0.25) is 0 Å². The fourth-order valence-electron chi connectivity index (χ4n) is 2.78. The number of nitrogens with one attached hydrogen (secondary N) is 1. The average Bonchev–Trinajstić information content (AvgIpc) is 2.96. The van der Waals surface area contributed by atoms with Gasteiger partial charge in [0.1, 0.15) is 6.07 Å². The molecule has 1 aromatic carbocycles. The average molecular weight is 355 g/mol. The van der Waals surface area contributed by atoms with E-state index in [2.05, 4.69) is 64.3 Å². The van der Waals surface area contributed by atoms with Gasteiger partial charge in [-0.3, -0.25) is 0 Å². The minimum Gasteiger partial charge on any atom is -0.424 e. The Balaban J connectivity index is 2.14.